The highest BCUT2D eigenvalue weighted by Gasteiger charge is 2.15. The van der Waals surface area contributed by atoms with Crippen molar-refractivity contribution in [2.24, 2.45) is 0 Å². The summed E-state index contributed by atoms with van der Waals surface area (Å²) in [6.45, 7) is 2.02. The van der Waals surface area contributed by atoms with Crippen LogP contribution in [0.25, 0.3) is 11.3 Å². The summed E-state index contributed by atoms with van der Waals surface area (Å²) in [5.41, 5.74) is 1.86. The number of aromatic nitrogens is 2. The van der Waals surface area contributed by atoms with Gasteiger partial charge in [-0.2, -0.15) is 0 Å². The fourth-order valence-corrected chi connectivity index (χ4v) is 3.82. The van der Waals surface area contributed by atoms with Crippen molar-refractivity contribution in [2.75, 3.05) is 0 Å². The zero-order valence-electron chi connectivity index (χ0n) is 18.6. The number of ketones is 1. The highest BCUT2D eigenvalue weighted by atomic mass is 35.5. The number of rotatable bonds is 11. The molecule has 2 aromatic carbocycles. The molecule has 1 N–H and O–H groups in total. The van der Waals surface area contributed by atoms with Gasteiger partial charge in [0, 0.05) is 29.5 Å². The Morgan fingerprint density at radius 1 is 1.03 bits per heavy atom. The van der Waals surface area contributed by atoms with Crippen LogP contribution in [0.2, 0.25) is 5.02 Å². The van der Waals surface area contributed by atoms with Gasteiger partial charge in [-0.15, -0.1) is 0 Å². The largest absolute Gasteiger partial charge is 0.478 e. The summed E-state index contributed by atoms with van der Waals surface area (Å²) >= 11 is 5.97. The summed E-state index contributed by atoms with van der Waals surface area (Å²) in [5.74, 6) is -0.579. The highest BCUT2D eigenvalue weighted by Crippen LogP contribution is 2.20. The van der Waals surface area contributed by atoms with E-state index in [1.165, 1.54) is 16.7 Å². The average molecular weight is 467 g/mol. The fourth-order valence-electron chi connectivity index (χ4n) is 3.69. The minimum Gasteiger partial charge on any atom is -0.478 e. The second-order valence-corrected chi connectivity index (χ2v) is 8.38. The van der Waals surface area contributed by atoms with E-state index in [9.17, 15) is 19.5 Å². The number of hydrogen-bond donors (Lipinski definition) is 1. The third kappa shape index (κ3) is 6.62. The first-order chi connectivity index (χ1) is 15.9. The lowest BCUT2D eigenvalue weighted by Gasteiger charge is -2.14. The van der Waals surface area contributed by atoms with Gasteiger partial charge in [0.2, 0.25) is 0 Å². The van der Waals surface area contributed by atoms with Crippen LogP contribution in [0.5, 0.6) is 0 Å². The van der Waals surface area contributed by atoms with Gasteiger partial charge in [0.15, 0.2) is 5.78 Å². The molecule has 7 heteroatoms. The van der Waals surface area contributed by atoms with Gasteiger partial charge in [0.05, 0.1) is 17.8 Å². The number of carbonyl (C=O) groups is 2. The van der Waals surface area contributed by atoms with Crippen LogP contribution in [-0.2, 0) is 24.2 Å². The molecule has 172 valence electrons. The Morgan fingerprint density at radius 2 is 1.76 bits per heavy atom. The first-order valence-electron chi connectivity index (χ1n) is 11.1. The number of aromatic carboxylic acids is 1. The molecule has 3 aromatic rings. The Morgan fingerprint density at radius 3 is 2.45 bits per heavy atom. The molecule has 0 saturated heterocycles. The first-order valence-corrected chi connectivity index (χ1v) is 11.5. The van der Waals surface area contributed by atoms with E-state index in [0.717, 1.165) is 24.8 Å². The Kier molecular flexibility index (Phi) is 8.55. The van der Waals surface area contributed by atoms with Crippen molar-refractivity contribution < 1.29 is 14.7 Å². The van der Waals surface area contributed by atoms with Gasteiger partial charge in [-0.1, -0.05) is 61.7 Å². The normalized spacial score (nSPS) is 10.8. The van der Waals surface area contributed by atoms with Gasteiger partial charge in [-0.3, -0.25) is 14.2 Å². The zero-order chi connectivity index (χ0) is 23.8. The second kappa shape index (κ2) is 11.6. The summed E-state index contributed by atoms with van der Waals surface area (Å²) < 4.78 is 1.44. The zero-order valence-corrected chi connectivity index (χ0v) is 19.3. The summed E-state index contributed by atoms with van der Waals surface area (Å²) in [5, 5.41) is 9.93. The molecule has 0 fully saturated rings. The lowest BCUT2D eigenvalue weighted by Crippen LogP contribution is -2.28. The second-order valence-electron chi connectivity index (χ2n) is 7.95. The highest BCUT2D eigenvalue weighted by molar-refractivity contribution is 6.30. The van der Waals surface area contributed by atoms with Crippen molar-refractivity contribution in [3.05, 3.63) is 86.9 Å². The van der Waals surface area contributed by atoms with E-state index >= 15 is 0 Å². The fraction of sp³-hybridized carbons (Fsp3) is 0.308. The summed E-state index contributed by atoms with van der Waals surface area (Å²) in [6.07, 6.45) is 3.94. The van der Waals surface area contributed by atoms with Crippen LogP contribution in [0.1, 0.15) is 54.4 Å². The van der Waals surface area contributed by atoms with Crippen LogP contribution in [0.4, 0.5) is 0 Å². The monoisotopic (exact) mass is 466 g/mol. The molecule has 0 bridgehead atoms. The van der Waals surface area contributed by atoms with Gasteiger partial charge >= 0.3 is 5.97 Å². The molecular formula is C26H27ClN2O4. The van der Waals surface area contributed by atoms with Crippen molar-refractivity contribution in [1.82, 2.24) is 9.55 Å². The molecule has 0 spiro atoms. The number of carboxylic acid groups (broad SMARTS) is 1. The van der Waals surface area contributed by atoms with Crippen LogP contribution in [0.3, 0.4) is 0 Å². The van der Waals surface area contributed by atoms with Crippen molar-refractivity contribution in [2.45, 2.75) is 52.0 Å². The van der Waals surface area contributed by atoms with Gasteiger partial charge in [0.25, 0.3) is 5.56 Å². The van der Waals surface area contributed by atoms with Gasteiger partial charge < -0.3 is 5.11 Å². The minimum atomic E-state index is -1.02. The molecule has 6 nitrogen and oxygen atoms in total. The molecule has 33 heavy (non-hydrogen) atoms. The molecule has 0 radical (unpaired) electrons. The molecule has 0 unspecified atom stereocenters. The molecule has 3 rings (SSSR count). The Bertz CT molecular complexity index is 1190. The smallest absolute Gasteiger partial charge is 0.335 e. The number of unbranched alkanes of at least 4 members (excludes halogenated alkanes) is 2. The molecule has 0 aliphatic heterocycles. The van der Waals surface area contributed by atoms with E-state index in [1.54, 1.807) is 30.3 Å². The predicted molar refractivity (Wildman–Crippen MR) is 129 cm³/mol. The molecule has 0 aliphatic rings. The molecule has 1 aromatic heterocycles. The van der Waals surface area contributed by atoms with Crippen LogP contribution < -0.4 is 5.56 Å². The predicted octanol–water partition coefficient (Wildman–Crippen LogP) is 5.20. The SMILES string of the molecule is CCCCCc1nc(-c2ccc(Cl)cc2)cc(=O)n1CC(=O)CCc1ccccc1C(=O)O. The number of aryl methyl sites for hydroxylation is 2. The number of benzene rings is 2. The Hall–Kier alpha value is -3.25. The Balaban J connectivity index is 1.82. The Labute approximate surface area is 197 Å². The minimum absolute atomic E-state index is 0.0799. The van der Waals surface area contributed by atoms with Crippen molar-refractivity contribution >= 4 is 23.4 Å². The molecule has 0 saturated carbocycles. The van der Waals surface area contributed by atoms with Crippen molar-refractivity contribution in [3.63, 3.8) is 0 Å². The maximum atomic E-state index is 13.0. The maximum absolute atomic E-state index is 13.0. The van der Waals surface area contributed by atoms with E-state index in [1.807, 2.05) is 12.1 Å². The van der Waals surface area contributed by atoms with Crippen LogP contribution in [0, 0.1) is 0 Å². The number of Topliss-reactive ketones (excluding diaryl/α,β-unsaturated/α-hetero) is 1. The van der Waals surface area contributed by atoms with Crippen LogP contribution in [0.15, 0.2) is 59.4 Å². The van der Waals surface area contributed by atoms with Gasteiger partial charge in [0.1, 0.15) is 5.82 Å². The van der Waals surface area contributed by atoms with E-state index in [-0.39, 0.29) is 29.9 Å². The number of carbonyl (C=O) groups excluding carboxylic acids is 1. The van der Waals surface area contributed by atoms with Crippen LogP contribution >= 0.6 is 11.6 Å². The molecule has 0 amide bonds. The number of carboxylic acids is 1. The number of nitrogens with zero attached hydrogens (tertiary/aromatic N) is 2. The van der Waals surface area contributed by atoms with Crippen molar-refractivity contribution in [1.29, 1.82) is 0 Å². The summed E-state index contributed by atoms with van der Waals surface area (Å²) in [6, 6.07) is 15.2. The standard InChI is InChI=1S/C26H27ClN2O4/c1-2-3-4-9-24-28-23(19-10-13-20(27)14-11-19)16-25(31)29(24)17-21(30)15-12-18-7-5-6-8-22(18)26(32)33/h5-8,10-11,13-14,16H,2-4,9,12,15,17H2,1H3,(H,32,33). The molecule has 1 heterocycles. The third-order valence-electron chi connectivity index (χ3n) is 5.49. The van der Waals surface area contributed by atoms with E-state index in [2.05, 4.69) is 6.92 Å². The van der Waals surface area contributed by atoms with Gasteiger partial charge in [-0.05, 0) is 36.6 Å². The number of hydrogen-bond acceptors (Lipinski definition) is 4. The first kappa shape index (κ1) is 24.4. The van der Waals surface area contributed by atoms with Crippen LogP contribution in [-0.4, -0.2) is 26.4 Å². The third-order valence-corrected chi connectivity index (χ3v) is 5.74. The quantitative estimate of drug-likeness (QED) is 0.392. The summed E-state index contributed by atoms with van der Waals surface area (Å²) in [7, 11) is 0. The maximum Gasteiger partial charge on any atom is 0.335 e. The van der Waals surface area contributed by atoms with E-state index < -0.39 is 5.97 Å². The van der Waals surface area contributed by atoms with E-state index in [4.69, 9.17) is 16.6 Å². The summed E-state index contributed by atoms with van der Waals surface area (Å²) in [4.78, 5) is 41.8. The number of halogens is 1. The lowest BCUT2D eigenvalue weighted by atomic mass is 10.0. The van der Waals surface area contributed by atoms with Gasteiger partial charge in [-0.25, -0.2) is 9.78 Å². The van der Waals surface area contributed by atoms with E-state index in [0.29, 0.717) is 34.9 Å². The lowest BCUT2D eigenvalue weighted by molar-refractivity contribution is -0.119. The van der Waals surface area contributed by atoms with Crippen molar-refractivity contribution in [3.8, 4) is 11.3 Å². The topological polar surface area (TPSA) is 89.3 Å². The molecule has 0 aliphatic carbocycles. The average Bonchev–Trinajstić information content (AvgIpc) is 2.80. The molecular weight excluding hydrogens is 440 g/mol. The molecule has 0 atom stereocenters.